The van der Waals surface area contributed by atoms with Gasteiger partial charge in [0.05, 0.1) is 13.0 Å². The molecule has 0 aliphatic rings. The first-order valence-electron chi connectivity index (χ1n) is 5.33. The van der Waals surface area contributed by atoms with Gasteiger partial charge < -0.3 is 4.74 Å². The smallest absolute Gasteiger partial charge is 0.308 e. The summed E-state index contributed by atoms with van der Waals surface area (Å²) in [6.07, 6.45) is 1.80. The second kappa shape index (κ2) is 5.54. The molecule has 2 nitrogen and oxygen atoms in total. The van der Waals surface area contributed by atoms with E-state index >= 15 is 0 Å². The second-order valence-corrected chi connectivity index (χ2v) is 3.80. The van der Waals surface area contributed by atoms with E-state index < -0.39 is 0 Å². The van der Waals surface area contributed by atoms with Crippen molar-refractivity contribution in [3.05, 3.63) is 35.4 Å². The average Bonchev–Trinajstić information content (AvgIpc) is 2.29. The fraction of sp³-hybridized carbons (Fsp3) is 0.462. The summed E-state index contributed by atoms with van der Waals surface area (Å²) in [5.41, 5.74) is 2.51. The normalized spacial score (nSPS) is 12.2. The van der Waals surface area contributed by atoms with Crippen LogP contribution in [0.4, 0.5) is 0 Å². The summed E-state index contributed by atoms with van der Waals surface area (Å²) in [4.78, 5) is 11.2. The fourth-order valence-corrected chi connectivity index (χ4v) is 1.55. The maximum Gasteiger partial charge on any atom is 0.308 e. The Morgan fingerprint density at radius 2 is 1.80 bits per heavy atom. The van der Waals surface area contributed by atoms with E-state index in [-0.39, 0.29) is 11.9 Å². The Morgan fingerprint density at radius 1 is 1.27 bits per heavy atom. The van der Waals surface area contributed by atoms with Gasteiger partial charge in [0.1, 0.15) is 0 Å². The Morgan fingerprint density at radius 3 is 2.27 bits per heavy atom. The van der Waals surface area contributed by atoms with Crippen LogP contribution in [0.1, 0.15) is 25.0 Å². The molecule has 0 spiro atoms. The monoisotopic (exact) mass is 206 g/mol. The Bertz CT molecular complexity index is 314. The first-order valence-corrected chi connectivity index (χ1v) is 5.33. The van der Waals surface area contributed by atoms with Crippen LogP contribution >= 0.6 is 0 Å². The van der Waals surface area contributed by atoms with Crippen LogP contribution in [0.15, 0.2) is 24.3 Å². The largest absolute Gasteiger partial charge is 0.469 e. The molecule has 2 heteroatoms. The summed E-state index contributed by atoms with van der Waals surface area (Å²) < 4.78 is 4.69. The summed E-state index contributed by atoms with van der Waals surface area (Å²) in [7, 11) is 1.43. The van der Waals surface area contributed by atoms with Crippen molar-refractivity contribution in [1.82, 2.24) is 0 Å². The molecule has 1 rings (SSSR count). The van der Waals surface area contributed by atoms with E-state index in [1.807, 2.05) is 6.92 Å². The van der Waals surface area contributed by atoms with Gasteiger partial charge in [-0.2, -0.15) is 0 Å². The molecule has 15 heavy (non-hydrogen) atoms. The maximum atomic E-state index is 11.2. The van der Waals surface area contributed by atoms with Crippen LogP contribution in [-0.2, 0) is 22.4 Å². The van der Waals surface area contributed by atoms with Crippen molar-refractivity contribution in [3.63, 3.8) is 0 Å². The lowest BCUT2D eigenvalue weighted by molar-refractivity contribution is -0.144. The Balaban J connectivity index is 2.60. The number of carbonyl (C=O) groups excluding carboxylic acids is 1. The minimum absolute atomic E-state index is 0.0672. The molecule has 0 amide bonds. The van der Waals surface area contributed by atoms with Crippen molar-refractivity contribution >= 4 is 5.97 Å². The molecule has 0 aromatic heterocycles. The fourth-order valence-electron chi connectivity index (χ4n) is 1.55. The third kappa shape index (κ3) is 3.39. The minimum atomic E-state index is -0.144. The number of esters is 1. The van der Waals surface area contributed by atoms with E-state index in [1.165, 1.54) is 18.2 Å². The lowest BCUT2D eigenvalue weighted by atomic mass is 10.00. The van der Waals surface area contributed by atoms with Crippen molar-refractivity contribution in [1.29, 1.82) is 0 Å². The van der Waals surface area contributed by atoms with Gasteiger partial charge in [-0.05, 0) is 24.0 Å². The van der Waals surface area contributed by atoms with Gasteiger partial charge >= 0.3 is 5.97 Å². The summed E-state index contributed by atoms with van der Waals surface area (Å²) >= 11 is 0. The van der Waals surface area contributed by atoms with Crippen LogP contribution in [0, 0.1) is 5.92 Å². The highest BCUT2D eigenvalue weighted by Crippen LogP contribution is 2.11. The van der Waals surface area contributed by atoms with Crippen LogP contribution in [0.2, 0.25) is 0 Å². The molecule has 0 radical (unpaired) electrons. The van der Waals surface area contributed by atoms with Crippen molar-refractivity contribution in [2.45, 2.75) is 26.7 Å². The van der Waals surface area contributed by atoms with E-state index in [9.17, 15) is 4.79 Å². The predicted octanol–water partition coefficient (Wildman–Crippen LogP) is 2.60. The second-order valence-electron chi connectivity index (χ2n) is 3.80. The molecule has 1 aromatic rings. The molecule has 0 heterocycles. The van der Waals surface area contributed by atoms with E-state index in [1.54, 1.807) is 0 Å². The molecule has 82 valence electrons. The van der Waals surface area contributed by atoms with E-state index in [4.69, 9.17) is 4.74 Å². The highest BCUT2D eigenvalue weighted by Gasteiger charge is 2.13. The van der Waals surface area contributed by atoms with Gasteiger partial charge in [0.15, 0.2) is 0 Å². The SMILES string of the molecule is CCc1ccc(C[C@H](C)C(=O)OC)cc1. The van der Waals surface area contributed by atoms with Crippen LogP contribution in [-0.4, -0.2) is 13.1 Å². The van der Waals surface area contributed by atoms with E-state index in [2.05, 4.69) is 31.2 Å². The zero-order chi connectivity index (χ0) is 11.3. The molecule has 0 unspecified atom stereocenters. The van der Waals surface area contributed by atoms with Gasteiger partial charge in [-0.3, -0.25) is 4.79 Å². The van der Waals surface area contributed by atoms with Gasteiger partial charge in [0.25, 0.3) is 0 Å². The highest BCUT2D eigenvalue weighted by atomic mass is 16.5. The van der Waals surface area contributed by atoms with Crippen molar-refractivity contribution in [3.8, 4) is 0 Å². The Hall–Kier alpha value is -1.31. The molecule has 0 aliphatic heterocycles. The number of carbonyl (C=O) groups is 1. The number of benzene rings is 1. The van der Waals surface area contributed by atoms with Crippen molar-refractivity contribution in [2.75, 3.05) is 7.11 Å². The maximum absolute atomic E-state index is 11.2. The number of methoxy groups -OCH3 is 1. The zero-order valence-electron chi connectivity index (χ0n) is 9.62. The molecule has 0 saturated carbocycles. The zero-order valence-corrected chi connectivity index (χ0v) is 9.62. The lowest BCUT2D eigenvalue weighted by Gasteiger charge is -2.09. The molecular formula is C13H18O2. The molecule has 0 aliphatic carbocycles. The van der Waals surface area contributed by atoms with Crippen LogP contribution < -0.4 is 0 Å². The molecule has 1 atom stereocenters. The summed E-state index contributed by atoms with van der Waals surface area (Å²) in [6.45, 7) is 4.02. The summed E-state index contributed by atoms with van der Waals surface area (Å²) in [5, 5.41) is 0. The standard InChI is InChI=1S/C13H18O2/c1-4-11-5-7-12(8-6-11)9-10(2)13(14)15-3/h5-8,10H,4,9H2,1-3H3/t10-/m0/s1. The van der Waals surface area contributed by atoms with E-state index in [0.29, 0.717) is 0 Å². The number of hydrogen-bond acceptors (Lipinski definition) is 2. The Kier molecular flexibility index (Phi) is 4.35. The summed E-state index contributed by atoms with van der Waals surface area (Å²) in [5.74, 6) is -0.211. The molecule has 1 aromatic carbocycles. The van der Waals surface area contributed by atoms with Gasteiger partial charge in [-0.1, -0.05) is 38.1 Å². The number of ether oxygens (including phenoxy) is 1. The summed E-state index contributed by atoms with van der Waals surface area (Å²) in [6, 6.07) is 8.38. The third-order valence-corrected chi connectivity index (χ3v) is 2.58. The highest BCUT2D eigenvalue weighted by molar-refractivity contribution is 5.72. The molecule has 0 bridgehead atoms. The Labute approximate surface area is 91.3 Å². The molecule has 0 N–H and O–H groups in total. The van der Waals surface area contributed by atoms with E-state index in [0.717, 1.165) is 12.8 Å². The van der Waals surface area contributed by atoms with Gasteiger partial charge in [-0.15, -0.1) is 0 Å². The van der Waals surface area contributed by atoms with Crippen molar-refractivity contribution in [2.24, 2.45) is 5.92 Å². The first kappa shape index (κ1) is 11.8. The number of aryl methyl sites for hydroxylation is 1. The number of rotatable bonds is 4. The average molecular weight is 206 g/mol. The first-order chi connectivity index (χ1) is 7.17. The van der Waals surface area contributed by atoms with Crippen LogP contribution in [0.3, 0.4) is 0 Å². The van der Waals surface area contributed by atoms with Gasteiger partial charge in [-0.25, -0.2) is 0 Å². The molecular weight excluding hydrogens is 188 g/mol. The van der Waals surface area contributed by atoms with Crippen molar-refractivity contribution < 1.29 is 9.53 Å². The molecule has 0 fully saturated rings. The van der Waals surface area contributed by atoms with Gasteiger partial charge in [0.2, 0.25) is 0 Å². The minimum Gasteiger partial charge on any atom is -0.469 e. The predicted molar refractivity (Wildman–Crippen MR) is 60.7 cm³/mol. The number of hydrogen-bond donors (Lipinski definition) is 0. The lowest BCUT2D eigenvalue weighted by Crippen LogP contribution is -2.15. The topological polar surface area (TPSA) is 26.3 Å². The quantitative estimate of drug-likeness (QED) is 0.708. The third-order valence-electron chi connectivity index (χ3n) is 2.58. The molecule has 0 saturated heterocycles. The van der Waals surface area contributed by atoms with Crippen LogP contribution in [0.5, 0.6) is 0 Å². The van der Waals surface area contributed by atoms with Gasteiger partial charge in [0, 0.05) is 0 Å². The van der Waals surface area contributed by atoms with Crippen LogP contribution in [0.25, 0.3) is 0 Å².